The lowest BCUT2D eigenvalue weighted by Crippen LogP contribution is -2.36. The van der Waals surface area contributed by atoms with E-state index in [4.69, 9.17) is 9.47 Å². The number of hydrogen-bond donors (Lipinski definition) is 1. The Bertz CT molecular complexity index is 1660. The van der Waals surface area contributed by atoms with Gasteiger partial charge in [-0.05, 0) is 66.2 Å². The molecule has 1 aliphatic rings. The van der Waals surface area contributed by atoms with Crippen molar-refractivity contribution in [2.24, 2.45) is 0 Å². The van der Waals surface area contributed by atoms with Crippen molar-refractivity contribution in [3.63, 3.8) is 0 Å². The van der Waals surface area contributed by atoms with E-state index in [9.17, 15) is 32.8 Å². The highest BCUT2D eigenvalue weighted by Crippen LogP contribution is 2.38. The van der Waals surface area contributed by atoms with Crippen LogP contribution in [0.1, 0.15) is 27.8 Å². The van der Waals surface area contributed by atoms with Gasteiger partial charge in [0.05, 0.1) is 29.2 Å². The maximum absolute atomic E-state index is 13.0. The number of nitriles is 1. The van der Waals surface area contributed by atoms with E-state index >= 15 is 0 Å². The zero-order valence-electron chi connectivity index (χ0n) is 22.7. The predicted molar refractivity (Wildman–Crippen MR) is 155 cm³/mol. The van der Waals surface area contributed by atoms with E-state index in [1.54, 1.807) is 42.5 Å². The van der Waals surface area contributed by atoms with Gasteiger partial charge in [0.2, 0.25) is 5.91 Å². The zero-order chi connectivity index (χ0) is 31.1. The van der Waals surface area contributed by atoms with Gasteiger partial charge < -0.3 is 14.8 Å². The van der Waals surface area contributed by atoms with Crippen LogP contribution in [0.15, 0.2) is 78.2 Å². The van der Waals surface area contributed by atoms with Crippen molar-refractivity contribution in [2.75, 3.05) is 19.0 Å². The summed E-state index contributed by atoms with van der Waals surface area (Å²) in [6, 6.07) is 16.5. The summed E-state index contributed by atoms with van der Waals surface area (Å²) >= 11 is 0.626. The third-order valence-electron chi connectivity index (χ3n) is 6.19. The Hall–Kier alpha value is -5.02. The van der Waals surface area contributed by atoms with E-state index in [-0.39, 0.29) is 17.2 Å². The van der Waals surface area contributed by atoms with Crippen molar-refractivity contribution >= 4 is 40.6 Å². The van der Waals surface area contributed by atoms with E-state index in [0.29, 0.717) is 56.8 Å². The van der Waals surface area contributed by atoms with Crippen LogP contribution in [0.3, 0.4) is 0 Å². The summed E-state index contributed by atoms with van der Waals surface area (Å²) in [6.07, 6.45) is -1.09. The second kappa shape index (κ2) is 13.3. The van der Waals surface area contributed by atoms with E-state index in [0.717, 1.165) is 18.2 Å². The standard InChI is InChI=1S/C31H24F3N3O5S/c1-3-7-20-12-19(13-25(41-2)28(20)42-18-22-9-5-4-8-21(22)16-35)14-26-29(39)37(30(40)43-26)17-27(38)36-24-11-6-10-23(15-24)31(32,33)34/h3-6,8-15H,1,7,17-18H2,2H3,(H,36,38)/b26-14-. The molecule has 0 unspecified atom stereocenters. The molecule has 1 heterocycles. The van der Waals surface area contributed by atoms with Crippen LogP contribution in [0.2, 0.25) is 0 Å². The number of ether oxygens (including phenoxy) is 2. The highest BCUT2D eigenvalue weighted by Gasteiger charge is 2.36. The second-order valence-corrected chi connectivity index (χ2v) is 10.1. The summed E-state index contributed by atoms with van der Waals surface area (Å²) in [5.41, 5.74) is 1.28. The molecular weight excluding hydrogens is 583 g/mol. The number of thioether (sulfide) groups is 1. The number of alkyl halides is 3. The molecule has 1 N–H and O–H groups in total. The lowest BCUT2D eigenvalue weighted by atomic mass is 10.0. The molecule has 8 nitrogen and oxygen atoms in total. The van der Waals surface area contributed by atoms with Gasteiger partial charge in [-0.3, -0.25) is 19.3 Å². The van der Waals surface area contributed by atoms with Gasteiger partial charge in [0.25, 0.3) is 11.1 Å². The molecule has 3 aromatic rings. The minimum Gasteiger partial charge on any atom is -0.493 e. The van der Waals surface area contributed by atoms with Gasteiger partial charge in [-0.25, -0.2) is 0 Å². The minimum absolute atomic E-state index is 0.0418. The van der Waals surface area contributed by atoms with Crippen molar-refractivity contribution in [3.8, 4) is 17.6 Å². The molecule has 0 saturated carbocycles. The Kier molecular flexibility index (Phi) is 9.57. The second-order valence-electron chi connectivity index (χ2n) is 9.16. The molecule has 1 fully saturated rings. The molecule has 4 rings (SSSR count). The van der Waals surface area contributed by atoms with Crippen LogP contribution in [0, 0.1) is 11.3 Å². The van der Waals surface area contributed by atoms with Gasteiger partial charge in [0, 0.05) is 16.8 Å². The lowest BCUT2D eigenvalue weighted by Gasteiger charge is -2.16. The van der Waals surface area contributed by atoms with Crippen molar-refractivity contribution in [2.45, 2.75) is 19.2 Å². The third-order valence-corrected chi connectivity index (χ3v) is 7.10. The Morgan fingerprint density at radius 1 is 1.12 bits per heavy atom. The number of hydrogen-bond acceptors (Lipinski definition) is 7. The number of nitrogens with zero attached hydrogens (tertiary/aromatic N) is 2. The SMILES string of the molecule is C=CCc1cc(/C=C2\SC(=O)N(CC(=O)Nc3cccc(C(F)(F)F)c3)C2=O)cc(OC)c1OCc1ccccc1C#N. The van der Waals surface area contributed by atoms with Gasteiger partial charge in [-0.1, -0.05) is 30.3 Å². The van der Waals surface area contributed by atoms with Gasteiger partial charge in [0.15, 0.2) is 11.5 Å². The number of methoxy groups -OCH3 is 1. The molecule has 0 bridgehead atoms. The fraction of sp³-hybridized carbons (Fsp3) is 0.161. The summed E-state index contributed by atoms with van der Waals surface area (Å²) in [5, 5.41) is 11.0. The Morgan fingerprint density at radius 3 is 2.58 bits per heavy atom. The summed E-state index contributed by atoms with van der Waals surface area (Å²) in [6.45, 7) is 3.20. The third kappa shape index (κ3) is 7.44. The first-order valence-electron chi connectivity index (χ1n) is 12.7. The minimum atomic E-state index is -4.60. The average molecular weight is 608 g/mol. The van der Waals surface area contributed by atoms with Crippen molar-refractivity contribution in [3.05, 3.63) is 106 Å². The van der Waals surface area contributed by atoms with Crippen molar-refractivity contribution in [1.29, 1.82) is 5.26 Å². The van der Waals surface area contributed by atoms with Crippen LogP contribution in [-0.4, -0.2) is 35.6 Å². The van der Waals surface area contributed by atoms with E-state index in [2.05, 4.69) is 18.0 Å². The molecule has 0 aromatic heterocycles. The number of rotatable bonds is 10. The zero-order valence-corrected chi connectivity index (χ0v) is 23.6. The number of benzene rings is 3. The maximum Gasteiger partial charge on any atom is 0.416 e. The first kappa shape index (κ1) is 30.9. The molecule has 3 aromatic carbocycles. The number of carbonyl (C=O) groups is 3. The summed E-state index contributed by atoms with van der Waals surface area (Å²) in [4.78, 5) is 38.9. The fourth-order valence-corrected chi connectivity index (χ4v) is 5.04. The number of amides is 3. The number of imide groups is 1. The highest BCUT2D eigenvalue weighted by molar-refractivity contribution is 8.18. The predicted octanol–water partition coefficient (Wildman–Crippen LogP) is 6.57. The normalized spacial score (nSPS) is 14.0. The van der Waals surface area contributed by atoms with Gasteiger partial charge in [-0.15, -0.1) is 6.58 Å². The molecule has 1 aliphatic heterocycles. The lowest BCUT2D eigenvalue weighted by molar-refractivity contribution is -0.137. The molecule has 1 saturated heterocycles. The Balaban J connectivity index is 1.52. The van der Waals surface area contributed by atoms with Crippen LogP contribution in [0.25, 0.3) is 6.08 Å². The molecule has 43 heavy (non-hydrogen) atoms. The fourth-order valence-electron chi connectivity index (χ4n) is 4.20. The number of nitrogens with one attached hydrogen (secondary N) is 1. The topological polar surface area (TPSA) is 109 Å². The smallest absolute Gasteiger partial charge is 0.416 e. The van der Waals surface area contributed by atoms with Gasteiger partial charge >= 0.3 is 6.18 Å². The molecule has 0 atom stereocenters. The maximum atomic E-state index is 13.0. The molecule has 0 aliphatic carbocycles. The van der Waals surface area contributed by atoms with Gasteiger partial charge in [0.1, 0.15) is 13.2 Å². The van der Waals surface area contributed by atoms with E-state index in [1.165, 1.54) is 19.3 Å². The molecule has 12 heteroatoms. The van der Waals surface area contributed by atoms with Crippen LogP contribution in [-0.2, 0) is 28.8 Å². The van der Waals surface area contributed by atoms with Crippen molar-refractivity contribution < 1.29 is 37.0 Å². The van der Waals surface area contributed by atoms with Gasteiger partial charge in [-0.2, -0.15) is 18.4 Å². The number of carbonyl (C=O) groups excluding carboxylic acids is 3. The molecule has 0 spiro atoms. The highest BCUT2D eigenvalue weighted by atomic mass is 32.2. The quantitative estimate of drug-likeness (QED) is 0.205. The number of halogens is 3. The Labute approximate surface area is 249 Å². The summed E-state index contributed by atoms with van der Waals surface area (Å²) in [5.74, 6) is -0.796. The van der Waals surface area contributed by atoms with Crippen LogP contribution in [0.4, 0.5) is 23.7 Å². The Morgan fingerprint density at radius 2 is 1.88 bits per heavy atom. The molecule has 3 amide bonds. The molecular formula is C31H24F3N3O5S. The summed E-state index contributed by atoms with van der Waals surface area (Å²) in [7, 11) is 1.45. The first-order valence-corrected chi connectivity index (χ1v) is 13.5. The van der Waals surface area contributed by atoms with E-state index < -0.39 is 35.3 Å². The monoisotopic (exact) mass is 607 g/mol. The molecule has 0 radical (unpaired) electrons. The molecule has 220 valence electrons. The van der Waals surface area contributed by atoms with Crippen LogP contribution >= 0.6 is 11.8 Å². The number of anilines is 1. The number of allylic oxidation sites excluding steroid dienone is 1. The first-order chi connectivity index (χ1) is 20.5. The summed E-state index contributed by atoms with van der Waals surface area (Å²) < 4.78 is 50.5. The van der Waals surface area contributed by atoms with Crippen LogP contribution in [0.5, 0.6) is 11.5 Å². The van der Waals surface area contributed by atoms with Crippen LogP contribution < -0.4 is 14.8 Å². The van der Waals surface area contributed by atoms with E-state index in [1.807, 2.05) is 0 Å². The largest absolute Gasteiger partial charge is 0.493 e. The van der Waals surface area contributed by atoms with Crippen molar-refractivity contribution in [1.82, 2.24) is 4.90 Å². The average Bonchev–Trinajstić information content (AvgIpc) is 3.23.